The molecule has 0 amide bonds. The third-order valence-electron chi connectivity index (χ3n) is 5.32. The van der Waals surface area contributed by atoms with E-state index in [0.29, 0.717) is 22.8 Å². The Morgan fingerprint density at radius 3 is 2.66 bits per heavy atom. The fourth-order valence-corrected chi connectivity index (χ4v) is 3.52. The highest BCUT2D eigenvalue weighted by molar-refractivity contribution is 5.83. The summed E-state index contributed by atoms with van der Waals surface area (Å²) >= 11 is 0. The summed E-state index contributed by atoms with van der Waals surface area (Å²) in [4.78, 5) is 13.3. The average molecular weight is 442 g/mol. The highest BCUT2D eigenvalue weighted by Gasteiger charge is 2.44. The maximum absolute atomic E-state index is 10.4. The van der Waals surface area contributed by atoms with E-state index in [1.54, 1.807) is 7.05 Å². The van der Waals surface area contributed by atoms with Crippen molar-refractivity contribution in [3.8, 4) is 23.7 Å². The van der Waals surface area contributed by atoms with Crippen molar-refractivity contribution in [3.05, 3.63) is 12.2 Å². The predicted octanol–water partition coefficient (Wildman–Crippen LogP) is 1.44. The first kappa shape index (κ1) is 24.0. The molecule has 9 heteroatoms. The van der Waals surface area contributed by atoms with Crippen molar-refractivity contribution >= 4 is 17.0 Å². The predicted molar refractivity (Wildman–Crippen MR) is 120 cm³/mol. The van der Waals surface area contributed by atoms with E-state index in [0.717, 1.165) is 32.1 Å². The monoisotopic (exact) mass is 441 g/mol. The topological polar surface area (TPSA) is 126 Å². The molecule has 1 aliphatic rings. The van der Waals surface area contributed by atoms with Gasteiger partial charge in [-0.15, -0.1) is 5.92 Å². The van der Waals surface area contributed by atoms with Gasteiger partial charge in [0.25, 0.3) is 0 Å². The molecule has 0 aliphatic carbocycles. The van der Waals surface area contributed by atoms with Crippen molar-refractivity contribution in [2.75, 3.05) is 19.0 Å². The molecular weight excluding hydrogens is 410 g/mol. The second-order valence-electron chi connectivity index (χ2n) is 7.73. The van der Waals surface area contributed by atoms with E-state index < -0.39 is 31.1 Å². The number of hydrogen-bond acceptors (Lipinski definition) is 8. The zero-order chi connectivity index (χ0) is 23.1. The van der Waals surface area contributed by atoms with Crippen LogP contribution in [0.3, 0.4) is 0 Å². The molecule has 1 fully saturated rings. The lowest BCUT2D eigenvalue weighted by molar-refractivity contribution is -0.0511. The summed E-state index contributed by atoms with van der Waals surface area (Å²) in [5.74, 6) is 13.4. The van der Waals surface area contributed by atoms with E-state index in [4.69, 9.17) is 4.74 Å². The van der Waals surface area contributed by atoms with Crippen molar-refractivity contribution in [3.63, 3.8) is 0 Å². The Hall–Kier alpha value is -2.69. The molecular formula is C23H31N5O4. The Morgan fingerprint density at radius 1 is 1.19 bits per heavy atom. The standard InChI is InChI=1S/C23H31N5O4/c1-4-6-7-8-10-15(9-5-2)11-12-17-26-21(24-3)18-22(27-17)28(14-25-18)23-20(31)19(30)16(13-29)32-23/h14-16,19-20,23,29-31H,4-7,9,13H2,1-3H3,(H,24,26,27)/t15?,16-,19-,20-,23-/m1/s1. The average Bonchev–Trinajstić information content (AvgIpc) is 3.35. The number of unbranched alkanes of at least 4 members (excludes halogenated alkanes) is 2. The minimum atomic E-state index is -1.24. The SMILES string of the molecule is CCCCC#CC(C#Cc1nc(NC)c2ncn([C@@H]3O[C@H](CO)[C@@H](O)[C@H]3O)c2n1)CCC. The summed E-state index contributed by atoms with van der Waals surface area (Å²) in [6.07, 6.45) is 2.09. The van der Waals surface area contributed by atoms with Crippen molar-refractivity contribution in [2.24, 2.45) is 5.92 Å². The summed E-state index contributed by atoms with van der Waals surface area (Å²) in [6, 6.07) is 0. The van der Waals surface area contributed by atoms with Gasteiger partial charge in [-0.2, -0.15) is 0 Å². The molecule has 0 radical (unpaired) electrons. The summed E-state index contributed by atoms with van der Waals surface area (Å²) in [5.41, 5.74) is 0.893. The fraction of sp³-hybridized carbons (Fsp3) is 0.609. The van der Waals surface area contributed by atoms with Crippen LogP contribution in [0.5, 0.6) is 0 Å². The molecule has 1 saturated heterocycles. The highest BCUT2D eigenvalue weighted by atomic mass is 16.6. The summed E-state index contributed by atoms with van der Waals surface area (Å²) in [5, 5.41) is 32.9. The third-order valence-corrected chi connectivity index (χ3v) is 5.32. The van der Waals surface area contributed by atoms with Gasteiger partial charge in [0.1, 0.15) is 18.3 Å². The molecule has 2 aromatic heterocycles. The highest BCUT2D eigenvalue weighted by Crippen LogP contribution is 2.32. The fourth-order valence-electron chi connectivity index (χ4n) is 3.52. The first-order chi connectivity index (χ1) is 15.5. The van der Waals surface area contributed by atoms with E-state index in [2.05, 4.69) is 57.8 Å². The second kappa shape index (κ2) is 11.3. The minimum Gasteiger partial charge on any atom is -0.394 e. The molecule has 5 atom stereocenters. The lowest BCUT2D eigenvalue weighted by atomic mass is 10.0. The quantitative estimate of drug-likeness (QED) is 0.376. The Kier molecular flexibility index (Phi) is 8.43. The zero-order valence-corrected chi connectivity index (χ0v) is 18.7. The van der Waals surface area contributed by atoms with E-state index in [1.165, 1.54) is 10.9 Å². The summed E-state index contributed by atoms with van der Waals surface area (Å²) < 4.78 is 7.16. The number of aromatic nitrogens is 4. The van der Waals surface area contributed by atoms with Gasteiger partial charge >= 0.3 is 0 Å². The van der Waals surface area contributed by atoms with Crippen molar-refractivity contribution in [2.45, 2.75) is 70.5 Å². The Balaban J connectivity index is 1.95. The molecule has 32 heavy (non-hydrogen) atoms. The molecule has 2 aromatic rings. The third kappa shape index (κ3) is 5.20. The van der Waals surface area contributed by atoms with Gasteiger partial charge in [-0.05, 0) is 18.8 Å². The number of hydrogen-bond donors (Lipinski definition) is 4. The normalized spacial score (nSPS) is 23.3. The van der Waals surface area contributed by atoms with Crippen LogP contribution in [-0.4, -0.2) is 66.8 Å². The molecule has 4 N–H and O–H groups in total. The van der Waals surface area contributed by atoms with Gasteiger partial charge in [0.15, 0.2) is 23.2 Å². The summed E-state index contributed by atoms with van der Waals surface area (Å²) in [6.45, 7) is 3.83. The lowest BCUT2D eigenvalue weighted by Gasteiger charge is -2.16. The van der Waals surface area contributed by atoms with E-state index >= 15 is 0 Å². The van der Waals surface area contributed by atoms with Crippen LogP contribution >= 0.6 is 0 Å². The number of ether oxygens (including phenoxy) is 1. The molecule has 0 saturated carbocycles. The molecule has 0 aromatic carbocycles. The van der Waals surface area contributed by atoms with E-state index in [1.807, 2.05) is 0 Å². The molecule has 3 heterocycles. The Morgan fingerprint density at radius 2 is 2.00 bits per heavy atom. The number of fused-ring (bicyclic) bond motifs is 1. The van der Waals surface area contributed by atoms with Crippen molar-refractivity contribution < 1.29 is 20.1 Å². The number of nitrogens with one attached hydrogen (secondary N) is 1. The van der Waals surface area contributed by atoms with Crippen LogP contribution in [-0.2, 0) is 4.74 Å². The molecule has 9 nitrogen and oxygen atoms in total. The molecule has 1 unspecified atom stereocenters. The van der Waals surface area contributed by atoms with Crippen LogP contribution in [0.2, 0.25) is 0 Å². The number of imidazole rings is 1. The van der Waals surface area contributed by atoms with Crippen LogP contribution in [0.4, 0.5) is 5.82 Å². The first-order valence-electron chi connectivity index (χ1n) is 11.1. The maximum atomic E-state index is 10.4. The van der Waals surface area contributed by atoms with E-state index in [9.17, 15) is 15.3 Å². The number of aliphatic hydroxyl groups is 3. The molecule has 0 spiro atoms. The molecule has 172 valence electrons. The van der Waals surface area contributed by atoms with Gasteiger partial charge in [0, 0.05) is 13.5 Å². The molecule has 0 bridgehead atoms. The zero-order valence-electron chi connectivity index (χ0n) is 18.7. The van der Waals surface area contributed by atoms with Gasteiger partial charge < -0.3 is 25.4 Å². The van der Waals surface area contributed by atoms with Gasteiger partial charge in [-0.3, -0.25) is 4.57 Å². The minimum absolute atomic E-state index is 0.0560. The Bertz CT molecular complexity index is 1030. The largest absolute Gasteiger partial charge is 0.394 e. The second-order valence-corrected chi connectivity index (χ2v) is 7.73. The van der Waals surface area contributed by atoms with Gasteiger partial charge in [-0.1, -0.05) is 38.5 Å². The number of anilines is 1. The Labute approximate surface area is 188 Å². The first-order valence-corrected chi connectivity index (χ1v) is 11.1. The number of aliphatic hydroxyl groups excluding tert-OH is 3. The van der Waals surface area contributed by atoms with Crippen molar-refractivity contribution in [1.82, 2.24) is 19.5 Å². The van der Waals surface area contributed by atoms with Crippen LogP contribution in [0, 0.1) is 29.6 Å². The molecule has 1 aliphatic heterocycles. The van der Waals surface area contributed by atoms with E-state index in [-0.39, 0.29) is 5.92 Å². The van der Waals surface area contributed by atoms with Crippen LogP contribution in [0.15, 0.2) is 6.33 Å². The van der Waals surface area contributed by atoms with Crippen molar-refractivity contribution in [1.29, 1.82) is 0 Å². The van der Waals surface area contributed by atoms with Crippen LogP contribution in [0.1, 0.15) is 58.0 Å². The van der Waals surface area contributed by atoms with Gasteiger partial charge in [0.2, 0.25) is 5.82 Å². The smallest absolute Gasteiger partial charge is 0.209 e. The molecule has 3 rings (SSSR count). The van der Waals surface area contributed by atoms with Gasteiger partial charge in [0.05, 0.1) is 18.9 Å². The lowest BCUT2D eigenvalue weighted by Crippen LogP contribution is -2.33. The summed E-state index contributed by atoms with van der Waals surface area (Å²) in [7, 11) is 1.73. The number of nitrogens with zero attached hydrogens (tertiary/aromatic N) is 4. The van der Waals surface area contributed by atoms with Crippen LogP contribution in [0.25, 0.3) is 11.2 Å². The maximum Gasteiger partial charge on any atom is 0.209 e. The number of rotatable bonds is 7. The van der Waals surface area contributed by atoms with Crippen LogP contribution < -0.4 is 5.32 Å². The van der Waals surface area contributed by atoms with Gasteiger partial charge in [-0.25, -0.2) is 15.0 Å².